The van der Waals surface area contributed by atoms with E-state index >= 15 is 0 Å². The molecule has 16 aromatic rings. The van der Waals surface area contributed by atoms with Gasteiger partial charge in [0.05, 0.1) is 22.1 Å². The van der Waals surface area contributed by atoms with Crippen LogP contribution < -0.4 is 0 Å². The summed E-state index contributed by atoms with van der Waals surface area (Å²) in [6.07, 6.45) is 0. The van der Waals surface area contributed by atoms with Gasteiger partial charge in [-0.05, 0) is 191 Å². The van der Waals surface area contributed by atoms with Gasteiger partial charge in [0.1, 0.15) is 0 Å². The number of fused-ring (bicyclic) bond motifs is 6. The largest absolute Gasteiger partial charge is 0.309 e. The zero-order valence-corrected chi connectivity index (χ0v) is 50.0. The van der Waals surface area contributed by atoms with Crippen molar-refractivity contribution in [3.05, 3.63) is 364 Å². The van der Waals surface area contributed by atoms with E-state index in [4.69, 9.17) is 0 Å². The highest BCUT2D eigenvalue weighted by Crippen LogP contribution is 2.75. The lowest BCUT2D eigenvalue weighted by Crippen LogP contribution is -2.05. The fourth-order valence-electron chi connectivity index (χ4n) is 13.6. The minimum atomic E-state index is -1.97. The molecule has 0 N–H and O–H groups in total. The normalized spacial score (nSPS) is 12.2. The maximum Gasteiger partial charge on any atom is 0.0541 e. The van der Waals surface area contributed by atoms with Crippen LogP contribution in [0.4, 0.5) is 0 Å². The summed E-state index contributed by atoms with van der Waals surface area (Å²) < 4.78 is 5.04. The monoisotopic (exact) mass is 1160 g/mol. The molecular weight excluding hydrogens is 1100 g/mol. The lowest BCUT2D eigenvalue weighted by Gasteiger charge is -2.42. The van der Waals surface area contributed by atoms with E-state index in [0.29, 0.717) is 0 Å². The Morgan fingerprint density at radius 2 is 0.409 bits per heavy atom. The third-order valence-corrected chi connectivity index (χ3v) is 25.3. The molecule has 14 aromatic carbocycles. The summed E-state index contributed by atoms with van der Waals surface area (Å²) in [6.45, 7) is 0. The third kappa shape index (κ3) is 8.83. The van der Waals surface area contributed by atoms with Crippen molar-refractivity contribution >= 4 is 63.7 Å². The Bertz CT molecular complexity index is 4650. The fraction of sp³-hybridized carbons (Fsp3) is 0. The molecule has 0 unspecified atom stereocenters. The summed E-state index contributed by atoms with van der Waals surface area (Å²) in [6, 6.07) is 136. The molecule has 0 amide bonds. The molecule has 4 heteroatoms. The van der Waals surface area contributed by atoms with Crippen LogP contribution in [0.5, 0.6) is 0 Å². The van der Waals surface area contributed by atoms with Gasteiger partial charge in [0, 0.05) is 72.1 Å². The van der Waals surface area contributed by atoms with E-state index in [2.05, 4.69) is 373 Å². The van der Waals surface area contributed by atoms with Gasteiger partial charge in [-0.2, -0.15) is 0 Å². The number of aromatic nitrogens is 2. The van der Waals surface area contributed by atoms with Gasteiger partial charge in [-0.3, -0.25) is 0 Å². The molecule has 2 aromatic heterocycles. The number of hydrogen-bond acceptors (Lipinski definition) is 0. The lowest BCUT2D eigenvalue weighted by atomic mass is 9.93. The van der Waals surface area contributed by atoms with E-state index in [1.807, 2.05) is 0 Å². The number of rotatable bonds is 13. The lowest BCUT2D eigenvalue weighted by molar-refractivity contribution is 1.13. The first-order chi connectivity index (χ1) is 43.6. The second-order valence-electron chi connectivity index (χ2n) is 22.4. The quantitative estimate of drug-likeness (QED) is 0.109. The van der Waals surface area contributed by atoms with Gasteiger partial charge in [0.25, 0.3) is 0 Å². The van der Waals surface area contributed by atoms with Crippen molar-refractivity contribution in [1.29, 1.82) is 0 Å². The highest BCUT2D eigenvalue weighted by molar-refractivity contribution is 8.34. The van der Waals surface area contributed by atoms with Crippen molar-refractivity contribution < 1.29 is 0 Å². The molecule has 0 radical (unpaired) electrons. The van der Waals surface area contributed by atoms with E-state index < -0.39 is 20.1 Å². The van der Waals surface area contributed by atoms with Crippen molar-refractivity contribution in [3.63, 3.8) is 0 Å². The van der Waals surface area contributed by atoms with Crippen molar-refractivity contribution in [2.24, 2.45) is 0 Å². The molecule has 2 heterocycles. The molecular formula is C84H60N2S2. The van der Waals surface area contributed by atoms with Crippen LogP contribution in [0.3, 0.4) is 0 Å². The predicted molar refractivity (Wildman–Crippen MR) is 371 cm³/mol. The molecule has 2 nitrogen and oxygen atoms in total. The molecule has 0 fully saturated rings. The SMILES string of the molecule is c1ccc(-c2cc(-c3ccccc3)cc(-c3cc(-n4c5ccccc5c5cc(S(c6ccccc6)(c6ccccc6)c6ccccc6)ccc54)cc(-n4c5ccccc5c5cc(S(c6ccccc6)(c6ccccc6)c6ccccc6)ccc54)c3)c2)cc1. The topological polar surface area (TPSA) is 9.86 Å². The van der Waals surface area contributed by atoms with E-state index in [1.54, 1.807) is 0 Å². The molecule has 0 aliphatic rings. The van der Waals surface area contributed by atoms with Crippen LogP contribution in [-0.4, -0.2) is 9.13 Å². The molecule has 418 valence electrons. The Balaban J connectivity index is 0.978. The van der Waals surface area contributed by atoms with Crippen molar-refractivity contribution in [3.8, 4) is 44.8 Å². The smallest absolute Gasteiger partial charge is 0.0541 e. The standard InChI is InChI=1S/C84H60N2S2/c1-9-29-61(30-10-1)63-53-64(62-31-11-2-12-32-62)55-65(54-63)66-56-67(85-81-47-27-25-45-77(81)79-59-75(49-51-83(79)85)87(69-33-13-3-14-34-69,70-35-15-4-16-36-70)71-37-17-5-18-38-71)58-68(57-66)86-82-48-28-26-46-78(82)80-60-76(50-52-84(80)86)88(72-39-19-6-20-40-72,73-41-21-7-22-42-73)74-43-23-8-24-44-74/h1-60H. The summed E-state index contributed by atoms with van der Waals surface area (Å²) in [5.74, 6) is 0. The van der Waals surface area contributed by atoms with E-state index in [1.165, 1.54) is 83.0 Å². The first-order valence-electron chi connectivity index (χ1n) is 30.1. The number of para-hydroxylation sites is 2. The maximum absolute atomic E-state index is 2.52. The fourth-order valence-corrected chi connectivity index (χ4v) is 21.4. The maximum atomic E-state index is 2.52. The predicted octanol–water partition coefficient (Wildman–Crippen LogP) is 23.6. The summed E-state index contributed by atoms with van der Waals surface area (Å²) in [5, 5.41) is 4.83. The molecule has 0 atom stereocenters. The van der Waals surface area contributed by atoms with E-state index in [9.17, 15) is 0 Å². The zero-order chi connectivity index (χ0) is 58.4. The minimum Gasteiger partial charge on any atom is -0.309 e. The van der Waals surface area contributed by atoms with Crippen LogP contribution >= 0.6 is 20.1 Å². The average Bonchev–Trinajstić information content (AvgIpc) is 1.67. The van der Waals surface area contributed by atoms with Gasteiger partial charge in [0.2, 0.25) is 0 Å². The summed E-state index contributed by atoms with van der Waals surface area (Å²) in [7, 11) is -3.95. The Labute approximate surface area is 517 Å². The molecule has 0 bridgehead atoms. The van der Waals surface area contributed by atoms with Crippen LogP contribution in [0, 0.1) is 0 Å². The third-order valence-electron chi connectivity index (χ3n) is 17.5. The van der Waals surface area contributed by atoms with Gasteiger partial charge < -0.3 is 9.13 Å². The Kier molecular flexibility index (Phi) is 13.4. The van der Waals surface area contributed by atoms with Crippen molar-refractivity contribution in [1.82, 2.24) is 9.13 Å². The molecule has 0 aliphatic heterocycles. The van der Waals surface area contributed by atoms with Crippen LogP contribution in [0.1, 0.15) is 0 Å². The summed E-state index contributed by atoms with van der Waals surface area (Å²) >= 11 is 0. The van der Waals surface area contributed by atoms with Crippen LogP contribution in [-0.2, 0) is 0 Å². The van der Waals surface area contributed by atoms with Crippen molar-refractivity contribution in [2.75, 3.05) is 0 Å². The molecule has 0 spiro atoms. The van der Waals surface area contributed by atoms with E-state index in [0.717, 1.165) is 44.6 Å². The van der Waals surface area contributed by atoms with Crippen LogP contribution in [0.2, 0.25) is 0 Å². The molecule has 0 aliphatic carbocycles. The number of nitrogens with zero attached hydrogens (tertiary/aromatic N) is 2. The van der Waals surface area contributed by atoms with Gasteiger partial charge >= 0.3 is 0 Å². The highest BCUT2D eigenvalue weighted by Gasteiger charge is 2.36. The summed E-state index contributed by atoms with van der Waals surface area (Å²) in [4.78, 5) is 10.4. The van der Waals surface area contributed by atoms with Gasteiger partial charge in [-0.25, -0.2) is 0 Å². The Morgan fingerprint density at radius 3 is 0.727 bits per heavy atom. The van der Waals surface area contributed by atoms with Gasteiger partial charge in [0.15, 0.2) is 0 Å². The first-order valence-corrected chi connectivity index (χ1v) is 33.4. The Morgan fingerprint density at radius 1 is 0.159 bits per heavy atom. The van der Waals surface area contributed by atoms with Crippen LogP contribution in [0.15, 0.2) is 403 Å². The zero-order valence-electron chi connectivity index (χ0n) is 48.4. The van der Waals surface area contributed by atoms with Crippen LogP contribution in [0.25, 0.3) is 88.4 Å². The second-order valence-corrected chi connectivity index (χ2v) is 28.7. The molecule has 16 rings (SSSR count). The molecule has 0 saturated heterocycles. The Hall–Kier alpha value is -10.6. The van der Waals surface area contributed by atoms with Gasteiger partial charge in [-0.15, -0.1) is 20.1 Å². The molecule has 0 saturated carbocycles. The first kappa shape index (κ1) is 52.9. The highest BCUT2D eigenvalue weighted by atomic mass is 32.3. The van der Waals surface area contributed by atoms with E-state index in [-0.39, 0.29) is 0 Å². The van der Waals surface area contributed by atoms with Crippen molar-refractivity contribution in [2.45, 2.75) is 39.2 Å². The minimum absolute atomic E-state index is 1.08. The number of benzene rings is 14. The average molecular weight is 1160 g/mol. The second kappa shape index (κ2) is 22.3. The van der Waals surface area contributed by atoms with Gasteiger partial charge in [-0.1, -0.05) is 206 Å². The summed E-state index contributed by atoms with van der Waals surface area (Å²) in [5.41, 5.74) is 13.7. The molecule has 88 heavy (non-hydrogen) atoms. The number of hydrogen-bond donors (Lipinski definition) is 0.